The molecule has 0 unspecified atom stereocenters. The topological polar surface area (TPSA) is 46.6 Å². The number of nitrogens with zero attached hydrogens (tertiary/aromatic N) is 1. The first kappa shape index (κ1) is 15.4. The van der Waals surface area contributed by atoms with Gasteiger partial charge in [-0.3, -0.25) is 14.5 Å². The second-order valence-electron chi connectivity index (χ2n) is 3.99. The third kappa shape index (κ3) is 3.02. The van der Waals surface area contributed by atoms with Crippen LogP contribution in [0.2, 0.25) is 5.02 Å². The molecular formula is C13H11BrClNO3S. The van der Waals surface area contributed by atoms with E-state index >= 15 is 0 Å². The van der Waals surface area contributed by atoms with E-state index in [1.54, 1.807) is 18.2 Å². The third-order valence-electron chi connectivity index (χ3n) is 2.59. The van der Waals surface area contributed by atoms with Gasteiger partial charge < -0.3 is 4.74 Å². The molecule has 0 aliphatic carbocycles. The quantitative estimate of drug-likeness (QED) is 0.743. The van der Waals surface area contributed by atoms with Crippen LogP contribution in [0.5, 0.6) is 5.75 Å². The summed E-state index contributed by atoms with van der Waals surface area (Å²) in [6.45, 7) is 2.38. The predicted octanol–water partition coefficient (Wildman–Crippen LogP) is 4.17. The van der Waals surface area contributed by atoms with Crippen molar-refractivity contribution in [2.75, 3.05) is 13.7 Å². The number of amides is 2. The van der Waals surface area contributed by atoms with Gasteiger partial charge in [0.05, 0.1) is 21.0 Å². The van der Waals surface area contributed by atoms with Gasteiger partial charge in [0.15, 0.2) is 5.75 Å². The number of carbonyl (C=O) groups excluding carboxylic acids is 2. The second-order valence-corrected chi connectivity index (χ2v) is 6.24. The van der Waals surface area contributed by atoms with E-state index in [-0.39, 0.29) is 11.1 Å². The van der Waals surface area contributed by atoms with Crippen molar-refractivity contribution in [3.05, 3.63) is 32.1 Å². The van der Waals surface area contributed by atoms with Gasteiger partial charge in [0, 0.05) is 7.05 Å². The Balaban J connectivity index is 2.36. The van der Waals surface area contributed by atoms with Crippen LogP contribution in [0.1, 0.15) is 12.5 Å². The smallest absolute Gasteiger partial charge is 0.293 e. The van der Waals surface area contributed by atoms with E-state index in [9.17, 15) is 9.59 Å². The third-order valence-corrected chi connectivity index (χ3v) is 4.42. The van der Waals surface area contributed by atoms with Crippen molar-refractivity contribution in [2.24, 2.45) is 0 Å². The first-order valence-corrected chi connectivity index (χ1v) is 7.76. The van der Waals surface area contributed by atoms with Gasteiger partial charge in [0.1, 0.15) is 0 Å². The fourth-order valence-corrected chi connectivity index (χ4v) is 3.46. The molecule has 1 aromatic rings. The lowest BCUT2D eigenvalue weighted by molar-refractivity contribution is -0.121. The second kappa shape index (κ2) is 6.20. The van der Waals surface area contributed by atoms with Crippen LogP contribution in [0, 0.1) is 0 Å². The summed E-state index contributed by atoms with van der Waals surface area (Å²) in [6.07, 6.45) is 1.64. The van der Waals surface area contributed by atoms with Crippen LogP contribution in [0.25, 0.3) is 6.08 Å². The Kier molecular flexibility index (Phi) is 4.78. The molecule has 106 valence electrons. The molecule has 2 amide bonds. The maximum atomic E-state index is 11.8. The zero-order valence-corrected chi connectivity index (χ0v) is 13.9. The minimum atomic E-state index is -0.305. The van der Waals surface area contributed by atoms with Crippen molar-refractivity contribution < 1.29 is 14.3 Å². The van der Waals surface area contributed by atoms with E-state index in [2.05, 4.69) is 15.9 Å². The molecule has 0 bridgehead atoms. The van der Waals surface area contributed by atoms with Gasteiger partial charge in [-0.25, -0.2) is 0 Å². The molecule has 0 radical (unpaired) electrons. The molecule has 0 saturated carbocycles. The number of likely N-dealkylation sites (N-methyl/N-ethyl adjacent to an activating group) is 1. The normalized spacial score (nSPS) is 17.2. The molecule has 1 fully saturated rings. The van der Waals surface area contributed by atoms with Gasteiger partial charge in [0.25, 0.3) is 11.1 Å². The summed E-state index contributed by atoms with van der Waals surface area (Å²) in [6, 6.07) is 3.49. The van der Waals surface area contributed by atoms with E-state index in [1.165, 1.54) is 7.05 Å². The van der Waals surface area contributed by atoms with Crippen molar-refractivity contribution in [1.82, 2.24) is 4.90 Å². The number of benzene rings is 1. The largest absolute Gasteiger partial charge is 0.491 e. The average Bonchev–Trinajstić information content (AvgIpc) is 2.62. The summed E-state index contributed by atoms with van der Waals surface area (Å²) < 4.78 is 6.12. The number of hydrogen-bond donors (Lipinski definition) is 0. The average molecular weight is 377 g/mol. The highest BCUT2D eigenvalue weighted by atomic mass is 79.9. The summed E-state index contributed by atoms with van der Waals surface area (Å²) in [7, 11) is 1.46. The molecule has 0 aromatic heterocycles. The fourth-order valence-electron chi connectivity index (χ4n) is 1.64. The van der Waals surface area contributed by atoms with Crippen molar-refractivity contribution in [2.45, 2.75) is 6.92 Å². The Morgan fingerprint density at radius 1 is 1.45 bits per heavy atom. The maximum absolute atomic E-state index is 11.8. The van der Waals surface area contributed by atoms with Crippen LogP contribution < -0.4 is 4.74 Å². The molecule has 0 N–H and O–H groups in total. The number of rotatable bonds is 3. The molecule has 7 heteroatoms. The minimum Gasteiger partial charge on any atom is -0.491 e. The number of ether oxygens (including phenoxy) is 1. The van der Waals surface area contributed by atoms with Crippen LogP contribution in [0.15, 0.2) is 21.5 Å². The zero-order chi connectivity index (χ0) is 14.9. The predicted molar refractivity (Wildman–Crippen MR) is 84.1 cm³/mol. The lowest BCUT2D eigenvalue weighted by Gasteiger charge is -2.09. The molecule has 0 spiro atoms. The van der Waals surface area contributed by atoms with E-state index in [1.807, 2.05) is 6.92 Å². The number of imide groups is 1. The SMILES string of the molecule is CCOc1c(Cl)cc(/C=C2\SC(=O)N(C)C2=O)cc1Br. The highest BCUT2D eigenvalue weighted by Crippen LogP contribution is 2.37. The lowest BCUT2D eigenvalue weighted by Crippen LogP contribution is -2.22. The van der Waals surface area contributed by atoms with E-state index < -0.39 is 0 Å². The van der Waals surface area contributed by atoms with Gasteiger partial charge in [0.2, 0.25) is 0 Å². The molecule has 1 saturated heterocycles. The number of halogens is 2. The number of hydrogen-bond acceptors (Lipinski definition) is 4. The van der Waals surface area contributed by atoms with E-state index in [4.69, 9.17) is 16.3 Å². The van der Waals surface area contributed by atoms with Crippen LogP contribution in [0.3, 0.4) is 0 Å². The zero-order valence-electron chi connectivity index (χ0n) is 10.8. The van der Waals surface area contributed by atoms with Gasteiger partial charge in [-0.15, -0.1) is 0 Å². The molecule has 0 atom stereocenters. The van der Waals surface area contributed by atoms with Gasteiger partial charge in [-0.05, 0) is 58.4 Å². The van der Waals surface area contributed by atoms with Crippen molar-refractivity contribution in [3.8, 4) is 5.75 Å². The van der Waals surface area contributed by atoms with E-state index in [0.29, 0.717) is 26.8 Å². The maximum Gasteiger partial charge on any atom is 0.293 e. The summed E-state index contributed by atoms with van der Waals surface area (Å²) in [5.41, 5.74) is 0.726. The Morgan fingerprint density at radius 2 is 2.15 bits per heavy atom. The van der Waals surface area contributed by atoms with Crippen LogP contribution in [-0.2, 0) is 4.79 Å². The lowest BCUT2D eigenvalue weighted by atomic mass is 10.2. The van der Waals surface area contributed by atoms with Crippen molar-refractivity contribution >= 4 is 56.5 Å². The monoisotopic (exact) mass is 375 g/mol. The summed E-state index contributed by atoms with van der Waals surface area (Å²) >= 11 is 10.4. The van der Waals surface area contributed by atoms with Gasteiger partial charge >= 0.3 is 0 Å². The first-order valence-electron chi connectivity index (χ1n) is 5.77. The van der Waals surface area contributed by atoms with Crippen LogP contribution >= 0.6 is 39.3 Å². The molecule has 20 heavy (non-hydrogen) atoms. The first-order chi connectivity index (χ1) is 9.43. The molecular weight excluding hydrogens is 366 g/mol. The number of thioether (sulfide) groups is 1. The summed E-state index contributed by atoms with van der Waals surface area (Å²) in [4.78, 5) is 24.7. The fraction of sp³-hybridized carbons (Fsp3) is 0.231. The number of carbonyl (C=O) groups is 2. The van der Waals surface area contributed by atoms with Gasteiger partial charge in [-0.1, -0.05) is 11.6 Å². The van der Waals surface area contributed by atoms with E-state index in [0.717, 1.165) is 22.2 Å². The molecule has 4 nitrogen and oxygen atoms in total. The Bertz CT molecular complexity index is 595. The Morgan fingerprint density at radius 3 is 2.65 bits per heavy atom. The minimum absolute atomic E-state index is 0.280. The Labute approximate surface area is 134 Å². The molecule has 1 aromatic carbocycles. The Hall–Kier alpha value is -0.980. The van der Waals surface area contributed by atoms with Gasteiger partial charge in [-0.2, -0.15) is 0 Å². The standard InChI is InChI=1S/C13H11BrClNO3S/c1-3-19-11-8(14)4-7(5-9(11)15)6-10-12(17)16(2)13(18)20-10/h4-6H,3H2,1-2H3/b10-6-. The van der Waals surface area contributed by atoms with Crippen LogP contribution in [-0.4, -0.2) is 29.7 Å². The van der Waals surface area contributed by atoms with Crippen LogP contribution in [0.4, 0.5) is 4.79 Å². The summed E-state index contributed by atoms with van der Waals surface area (Å²) in [5.74, 6) is 0.260. The highest BCUT2D eigenvalue weighted by molar-refractivity contribution is 9.10. The molecule has 2 rings (SSSR count). The van der Waals surface area contributed by atoms with Crippen molar-refractivity contribution in [1.29, 1.82) is 0 Å². The van der Waals surface area contributed by atoms with Crippen molar-refractivity contribution in [3.63, 3.8) is 0 Å². The molecule has 1 heterocycles. The highest BCUT2D eigenvalue weighted by Gasteiger charge is 2.31. The molecule has 1 aliphatic heterocycles. The molecule has 1 aliphatic rings. The summed E-state index contributed by atoms with van der Waals surface area (Å²) in [5, 5.41) is 0.167.